The predicted octanol–water partition coefficient (Wildman–Crippen LogP) is 4.04. The van der Waals surface area contributed by atoms with E-state index in [1.54, 1.807) is 12.3 Å². The van der Waals surface area contributed by atoms with Crippen LogP contribution in [0.1, 0.15) is 26.7 Å². The Kier molecular flexibility index (Phi) is 5.20. The molecule has 0 N–H and O–H groups in total. The van der Waals surface area contributed by atoms with E-state index in [9.17, 15) is 4.79 Å². The summed E-state index contributed by atoms with van der Waals surface area (Å²) in [5.41, 5.74) is 0.689. The maximum absolute atomic E-state index is 11.6. The second kappa shape index (κ2) is 7.53. The largest absolute Gasteiger partial charge is 0.486 e. The SMILES string of the molecule is CCN(CC)CCCCOc1c2occc2cc2ccc(=O)oc12. The number of hydrogen-bond donors (Lipinski definition) is 0. The minimum absolute atomic E-state index is 0.389. The molecule has 2 aromatic heterocycles. The highest BCUT2D eigenvalue weighted by Gasteiger charge is 2.14. The summed E-state index contributed by atoms with van der Waals surface area (Å²) < 4.78 is 16.8. The highest BCUT2D eigenvalue weighted by atomic mass is 16.5. The maximum Gasteiger partial charge on any atom is 0.336 e. The van der Waals surface area contributed by atoms with Gasteiger partial charge in [0.2, 0.25) is 5.75 Å². The lowest BCUT2D eigenvalue weighted by molar-refractivity contribution is 0.265. The fraction of sp³-hybridized carbons (Fsp3) is 0.421. The summed E-state index contributed by atoms with van der Waals surface area (Å²) in [7, 11) is 0. The third-order valence-corrected chi connectivity index (χ3v) is 4.29. The van der Waals surface area contributed by atoms with Gasteiger partial charge < -0.3 is 18.5 Å². The van der Waals surface area contributed by atoms with Gasteiger partial charge in [-0.2, -0.15) is 0 Å². The van der Waals surface area contributed by atoms with Crippen molar-refractivity contribution in [2.75, 3.05) is 26.2 Å². The van der Waals surface area contributed by atoms with Gasteiger partial charge >= 0.3 is 5.63 Å². The molecule has 2 heterocycles. The molecule has 0 bridgehead atoms. The summed E-state index contributed by atoms with van der Waals surface area (Å²) in [5, 5.41) is 1.77. The summed E-state index contributed by atoms with van der Waals surface area (Å²) >= 11 is 0. The van der Waals surface area contributed by atoms with Crippen LogP contribution in [0, 0.1) is 0 Å². The Balaban J connectivity index is 1.76. The fourth-order valence-corrected chi connectivity index (χ4v) is 2.89. The minimum atomic E-state index is -0.389. The van der Waals surface area contributed by atoms with Gasteiger partial charge in [0, 0.05) is 16.8 Å². The molecule has 128 valence electrons. The molecule has 3 rings (SSSR count). The van der Waals surface area contributed by atoms with Crippen molar-refractivity contribution >= 4 is 21.9 Å². The number of rotatable bonds is 8. The molecule has 0 spiro atoms. The molecule has 0 radical (unpaired) electrons. The maximum atomic E-state index is 11.6. The van der Waals surface area contributed by atoms with E-state index in [2.05, 4.69) is 18.7 Å². The summed E-state index contributed by atoms with van der Waals surface area (Å²) in [5.74, 6) is 0.521. The standard InChI is InChI=1S/C19H23NO4/c1-3-20(4-2)10-5-6-11-22-19-17-15(9-12-23-17)13-14-7-8-16(21)24-18(14)19/h7-9,12-13H,3-6,10-11H2,1-2H3. The second-order valence-corrected chi connectivity index (χ2v) is 5.80. The van der Waals surface area contributed by atoms with Gasteiger partial charge in [-0.1, -0.05) is 13.8 Å². The zero-order valence-electron chi connectivity index (χ0n) is 14.2. The molecule has 5 heteroatoms. The van der Waals surface area contributed by atoms with Gasteiger partial charge in [0.25, 0.3) is 0 Å². The van der Waals surface area contributed by atoms with Crippen LogP contribution in [0.5, 0.6) is 5.75 Å². The smallest absolute Gasteiger partial charge is 0.336 e. The molecule has 0 aliphatic carbocycles. The third-order valence-electron chi connectivity index (χ3n) is 4.29. The Hall–Kier alpha value is -2.27. The Morgan fingerprint density at radius 1 is 1.04 bits per heavy atom. The van der Waals surface area contributed by atoms with Crippen molar-refractivity contribution in [2.24, 2.45) is 0 Å². The van der Waals surface area contributed by atoms with Crippen LogP contribution in [0.4, 0.5) is 0 Å². The van der Waals surface area contributed by atoms with Crippen molar-refractivity contribution in [3.8, 4) is 5.75 Å². The average Bonchev–Trinajstić information content (AvgIpc) is 3.05. The fourth-order valence-electron chi connectivity index (χ4n) is 2.89. The third kappa shape index (κ3) is 3.46. The summed E-state index contributed by atoms with van der Waals surface area (Å²) in [4.78, 5) is 14.0. The van der Waals surface area contributed by atoms with Gasteiger partial charge in [0.05, 0.1) is 12.9 Å². The topological polar surface area (TPSA) is 55.8 Å². The van der Waals surface area contributed by atoms with Crippen molar-refractivity contribution in [2.45, 2.75) is 26.7 Å². The van der Waals surface area contributed by atoms with Crippen LogP contribution in [-0.4, -0.2) is 31.1 Å². The molecule has 0 saturated heterocycles. The van der Waals surface area contributed by atoms with Gasteiger partial charge in [-0.15, -0.1) is 0 Å². The molecule has 0 amide bonds. The summed E-state index contributed by atoms with van der Waals surface area (Å²) in [6.45, 7) is 8.11. The number of nitrogens with zero attached hydrogens (tertiary/aromatic N) is 1. The van der Waals surface area contributed by atoms with E-state index in [0.717, 1.165) is 43.2 Å². The van der Waals surface area contributed by atoms with Crippen molar-refractivity contribution in [1.29, 1.82) is 0 Å². The first-order chi connectivity index (χ1) is 11.7. The van der Waals surface area contributed by atoms with Gasteiger partial charge in [-0.3, -0.25) is 0 Å². The lowest BCUT2D eigenvalue weighted by atomic mass is 10.1. The van der Waals surface area contributed by atoms with Crippen molar-refractivity contribution in [1.82, 2.24) is 4.90 Å². The Bertz CT molecular complexity index is 861. The molecule has 0 fully saturated rings. The van der Waals surface area contributed by atoms with Gasteiger partial charge in [-0.25, -0.2) is 4.79 Å². The number of hydrogen-bond acceptors (Lipinski definition) is 5. The first-order valence-electron chi connectivity index (χ1n) is 8.52. The van der Waals surface area contributed by atoms with E-state index in [1.165, 1.54) is 6.07 Å². The molecule has 5 nitrogen and oxygen atoms in total. The van der Waals surface area contributed by atoms with E-state index in [0.29, 0.717) is 23.5 Å². The average molecular weight is 329 g/mol. The summed E-state index contributed by atoms with van der Waals surface area (Å²) in [6, 6.07) is 6.99. The van der Waals surface area contributed by atoms with Gasteiger partial charge in [0.1, 0.15) is 0 Å². The first kappa shape index (κ1) is 16.6. The molecular formula is C19H23NO4. The van der Waals surface area contributed by atoms with Crippen LogP contribution in [-0.2, 0) is 0 Å². The highest BCUT2D eigenvalue weighted by Crippen LogP contribution is 2.34. The highest BCUT2D eigenvalue weighted by molar-refractivity contribution is 5.99. The lowest BCUT2D eigenvalue weighted by Gasteiger charge is -2.17. The zero-order chi connectivity index (χ0) is 16.9. The van der Waals surface area contributed by atoms with Crippen LogP contribution < -0.4 is 10.4 Å². The Morgan fingerprint density at radius 3 is 2.62 bits per heavy atom. The number of furan rings is 1. The molecule has 24 heavy (non-hydrogen) atoms. The van der Waals surface area contributed by atoms with E-state index in [-0.39, 0.29) is 5.63 Å². The van der Waals surface area contributed by atoms with Gasteiger partial charge in [-0.05, 0) is 50.7 Å². The van der Waals surface area contributed by atoms with Crippen molar-refractivity contribution < 1.29 is 13.6 Å². The molecule has 0 aliphatic rings. The molecule has 0 saturated carbocycles. The van der Waals surface area contributed by atoms with Crippen LogP contribution in [0.15, 0.2) is 44.2 Å². The van der Waals surface area contributed by atoms with E-state index in [1.807, 2.05) is 12.1 Å². The minimum Gasteiger partial charge on any atom is -0.486 e. The molecule has 0 unspecified atom stereocenters. The zero-order valence-corrected chi connectivity index (χ0v) is 14.2. The molecular weight excluding hydrogens is 306 g/mol. The van der Waals surface area contributed by atoms with Crippen molar-refractivity contribution in [3.05, 3.63) is 40.9 Å². The van der Waals surface area contributed by atoms with E-state index in [4.69, 9.17) is 13.6 Å². The van der Waals surface area contributed by atoms with Crippen LogP contribution in [0.2, 0.25) is 0 Å². The number of unbranched alkanes of at least 4 members (excludes halogenated alkanes) is 1. The van der Waals surface area contributed by atoms with E-state index < -0.39 is 0 Å². The molecule has 0 aliphatic heterocycles. The molecule has 3 aromatic rings. The Labute approximate surface area is 140 Å². The molecule has 1 aromatic carbocycles. The van der Waals surface area contributed by atoms with E-state index >= 15 is 0 Å². The Morgan fingerprint density at radius 2 is 1.83 bits per heavy atom. The number of fused-ring (bicyclic) bond motifs is 2. The lowest BCUT2D eigenvalue weighted by Crippen LogP contribution is -2.24. The number of ether oxygens (including phenoxy) is 1. The van der Waals surface area contributed by atoms with Crippen LogP contribution in [0.3, 0.4) is 0 Å². The number of benzene rings is 1. The first-order valence-corrected chi connectivity index (χ1v) is 8.52. The summed E-state index contributed by atoms with van der Waals surface area (Å²) in [6.07, 6.45) is 3.62. The van der Waals surface area contributed by atoms with Crippen LogP contribution in [0.25, 0.3) is 21.9 Å². The predicted molar refractivity (Wildman–Crippen MR) is 94.8 cm³/mol. The monoisotopic (exact) mass is 329 g/mol. The second-order valence-electron chi connectivity index (χ2n) is 5.80. The van der Waals surface area contributed by atoms with Crippen LogP contribution >= 0.6 is 0 Å². The molecule has 0 atom stereocenters. The van der Waals surface area contributed by atoms with Crippen molar-refractivity contribution in [3.63, 3.8) is 0 Å². The quantitative estimate of drug-likeness (QED) is 0.461. The normalized spacial score (nSPS) is 11.6. The van der Waals surface area contributed by atoms with Gasteiger partial charge in [0.15, 0.2) is 11.2 Å².